The van der Waals surface area contributed by atoms with Gasteiger partial charge in [-0.15, -0.1) is 0 Å². The highest BCUT2D eigenvalue weighted by Gasteiger charge is 2.20. The monoisotopic (exact) mass is 251 g/mol. The van der Waals surface area contributed by atoms with Crippen molar-refractivity contribution >= 4 is 0 Å². The summed E-state index contributed by atoms with van der Waals surface area (Å²) in [4.78, 5) is 0. The second kappa shape index (κ2) is 8.25. The zero-order valence-corrected chi connectivity index (χ0v) is 11.9. The first-order chi connectivity index (χ1) is 8.72. The van der Waals surface area contributed by atoms with E-state index in [4.69, 9.17) is 0 Å². The third kappa shape index (κ3) is 4.41. The van der Waals surface area contributed by atoms with Gasteiger partial charge in [0.25, 0.3) is 0 Å². The van der Waals surface area contributed by atoms with Gasteiger partial charge in [0.15, 0.2) is 0 Å². The summed E-state index contributed by atoms with van der Waals surface area (Å²) in [6, 6.07) is 7.30. The summed E-state index contributed by atoms with van der Waals surface area (Å²) in [5.74, 6) is 0.451. The summed E-state index contributed by atoms with van der Waals surface area (Å²) >= 11 is 0. The van der Waals surface area contributed by atoms with Crippen LogP contribution in [0.3, 0.4) is 0 Å². The van der Waals surface area contributed by atoms with Crippen LogP contribution in [0.4, 0.5) is 4.39 Å². The standard InChI is InChI=1S/C16H26FN/c1-4-7-9-13(5-2)16(18-6-3)14-10-8-11-15(17)12-14/h8,10-13,16,18H,4-7,9H2,1-3H3. The van der Waals surface area contributed by atoms with E-state index in [1.54, 1.807) is 6.07 Å². The van der Waals surface area contributed by atoms with Crippen LogP contribution in [0.1, 0.15) is 58.1 Å². The highest BCUT2D eigenvalue weighted by molar-refractivity contribution is 5.21. The van der Waals surface area contributed by atoms with Crippen molar-refractivity contribution in [3.05, 3.63) is 35.6 Å². The molecule has 0 radical (unpaired) electrons. The summed E-state index contributed by atoms with van der Waals surface area (Å²) in [6.07, 6.45) is 4.81. The third-order valence-electron chi connectivity index (χ3n) is 3.56. The molecule has 0 aliphatic carbocycles. The van der Waals surface area contributed by atoms with Crippen molar-refractivity contribution in [3.8, 4) is 0 Å². The van der Waals surface area contributed by atoms with Crippen LogP contribution in [0.5, 0.6) is 0 Å². The molecule has 0 saturated carbocycles. The van der Waals surface area contributed by atoms with Crippen molar-refractivity contribution < 1.29 is 4.39 Å². The SMILES string of the molecule is CCCCC(CC)C(NCC)c1cccc(F)c1. The number of hydrogen-bond acceptors (Lipinski definition) is 1. The molecule has 1 aromatic carbocycles. The molecule has 2 heteroatoms. The van der Waals surface area contributed by atoms with E-state index in [1.807, 2.05) is 12.1 Å². The average molecular weight is 251 g/mol. The van der Waals surface area contributed by atoms with Crippen LogP contribution in [-0.4, -0.2) is 6.54 Å². The van der Waals surface area contributed by atoms with Gasteiger partial charge >= 0.3 is 0 Å². The Bertz CT molecular complexity index is 338. The average Bonchev–Trinajstić information content (AvgIpc) is 2.38. The van der Waals surface area contributed by atoms with E-state index >= 15 is 0 Å². The Labute approximate surface area is 111 Å². The zero-order valence-electron chi connectivity index (χ0n) is 11.9. The van der Waals surface area contributed by atoms with Gasteiger partial charge in [0.05, 0.1) is 0 Å². The predicted molar refractivity (Wildman–Crippen MR) is 76.1 cm³/mol. The Morgan fingerprint density at radius 2 is 2.00 bits per heavy atom. The lowest BCUT2D eigenvalue weighted by molar-refractivity contribution is 0.327. The summed E-state index contributed by atoms with van der Waals surface area (Å²) in [7, 11) is 0. The molecule has 0 fully saturated rings. The molecule has 2 unspecified atom stereocenters. The highest BCUT2D eigenvalue weighted by Crippen LogP contribution is 2.29. The minimum atomic E-state index is -0.138. The third-order valence-corrected chi connectivity index (χ3v) is 3.56. The molecule has 18 heavy (non-hydrogen) atoms. The van der Waals surface area contributed by atoms with E-state index in [2.05, 4.69) is 26.1 Å². The molecule has 0 spiro atoms. The summed E-state index contributed by atoms with van der Waals surface area (Å²) in [5.41, 5.74) is 1.08. The first kappa shape index (κ1) is 15.2. The van der Waals surface area contributed by atoms with Crippen LogP contribution < -0.4 is 5.32 Å². The molecule has 0 amide bonds. The Balaban J connectivity index is 2.85. The second-order valence-electron chi connectivity index (χ2n) is 4.90. The maximum Gasteiger partial charge on any atom is 0.123 e. The molecule has 0 heterocycles. The molecule has 1 nitrogen and oxygen atoms in total. The van der Waals surface area contributed by atoms with Gasteiger partial charge in [0, 0.05) is 6.04 Å². The van der Waals surface area contributed by atoms with E-state index in [1.165, 1.54) is 25.3 Å². The van der Waals surface area contributed by atoms with Gasteiger partial charge in [-0.25, -0.2) is 4.39 Å². The molecule has 2 atom stereocenters. The van der Waals surface area contributed by atoms with Crippen LogP contribution in [0.2, 0.25) is 0 Å². The fourth-order valence-electron chi connectivity index (χ4n) is 2.55. The molecule has 0 aliphatic heterocycles. The van der Waals surface area contributed by atoms with Crippen LogP contribution in [0, 0.1) is 11.7 Å². The highest BCUT2D eigenvalue weighted by atomic mass is 19.1. The Hall–Kier alpha value is -0.890. The number of benzene rings is 1. The fraction of sp³-hybridized carbons (Fsp3) is 0.625. The van der Waals surface area contributed by atoms with E-state index in [9.17, 15) is 4.39 Å². The maximum absolute atomic E-state index is 13.4. The van der Waals surface area contributed by atoms with Crippen molar-refractivity contribution in [1.82, 2.24) is 5.32 Å². The number of rotatable bonds is 8. The van der Waals surface area contributed by atoms with E-state index in [-0.39, 0.29) is 11.9 Å². The lowest BCUT2D eigenvalue weighted by atomic mass is 9.87. The lowest BCUT2D eigenvalue weighted by Gasteiger charge is -2.27. The molecule has 0 aliphatic rings. The summed E-state index contributed by atoms with van der Waals surface area (Å²) in [6.45, 7) is 7.48. The van der Waals surface area contributed by atoms with Crippen molar-refractivity contribution in [2.45, 2.75) is 52.5 Å². The van der Waals surface area contributed by atoms with Gasteiger partial charge in [0.1, 0.15) is 5.82 Å². The quantitative estimate of drug-likeness (QED) is 0.706. The van der Waals surface area contributed by atoms with Gasteiger partial charge in [-0.3, -0.25) is 0 Å². The van der Waals surface area contributed by atoms with Crippen molar-refractivity contribution in [1.29, 1.82) is 0 Å². The molecule has 0 saturated heterocycles. The molecule has 0 bridgehead atoms. The first-order valence-corrected chi connectivity index (χ1v) is 7.21. The van der Waals surface area contributed by atoms with E-state index < -0.39 is 0 Å². The normalized spacial score (nSPS) is 14.4. The minimum absolute atomic E-state index is 0.138. The fourth-order valence-corrected chi connectivity index (χ4v) is 2.55. The molecule has 0 aromatic heterocycles. The molecule has 102 valence electrons. The minimum Gasteiger partial charge on any atom is -0.310 e. The number of unbranched alkanes of at least 4 members (excludes halogenated alkanes) is 1. The molecular weight excluding hydrogens is 225 g/mol. The van der Waals surface area contributed by atoms with Gasteiger partial charge in [-0.2, -0.15) is 0 Å². The predicted octanol–water partition coefficient (Wildman–Crippen LogP) is 4.69. The Morgan fingerprint density at radius 3 is 2.56 bits per heavy atom. The lowest BCUT2D eigenvalue weighted by Crippen LogP contribution is -2.28. The topological polar surface area (TPSA) is 12.0 Å². The first-order valence-electron chi connectivity index (χ1n) is 7.21. The molecule has 1 aromatic rings. The Morgan fingerprint density at radius 1 is 1.22 bits per heavy atom. The number of hydrogen-bond donors (Lipinski definition) is 1. The molecule has 1 rings (SSSR count). The molecular formula is C16H26FN. The van der Waals surface area contributed by atoms with Gasteiger partial charge in [0.2, 0.25) is 0 Å². The summed E-state index contributed by atoms with van der Waals surface area (Å²) in [5, 5.41) is 3.52. The maximum atomic E-state index is 13.4. The van der Waals surface area contributed by atoms with Crippen LogP contribution in [0.15, 0.2) is 24.3 Å². The second-order valence-corrected chi connectivity index (χ2v) is 4.90. The van der Waals surface area contributed by atoms with Gasteiger partial charge in [-0.05, 0) is 36.6 Å². The van der Waals surface area contributed by atoms with Crippen LogP contribution in [-0.2, 0) is 0 Å². The zero-order chi connectivity index (χ0) is 13.4. The van der Waals surface area contributed by atoms with Crippen molar-refractivity contribution in [2.75, 3.05) is 6.54 Å². The van der Waals surface area contributed by atoms with E-state index in [0.717, 1.165) is 18.5 Å². The van der Waals surface area contributed by atoms with Crippen LogP contribution in [0.25, 0.3) is 0 Å². The van der Waals surface area contributed by atoms with Crippen molar-refractivity contribution in [3.63, 3.8) is 0 Å². The largest absolute Gasteiger partial charge is 0.310 e. The van der Waals surface area contributed by atoms with Crippen molar-refractivity contribution in [2.24, 2.45) is 5.92 Å². The van der Waals surface area contributed by atoms with Crippen LogP contribution >= 0.6 is 0 Å². The number of halogens is 1. The molecule has 1 N–H and O–H groups in total. The van der Waals surface area contributed by atoms with E-state index in [0.29, 0.717) is 5.92 Å². The number of nitrogens with one attached hydrogen (secondary N) is 1. The summed E-state index contributed by atoms with van der Waals surface area (Å²) < 4.78 is 13.4. The smallest absolute Gasteiger partial charge is 0.123 e. The van der Waals surface area contributed by atoms with Gasteiger partial charge < -0.3 is 5.32 Å². The van der Waals surface area contributed by atoms with Gasteiger partial charge in [-0.1, -0.05) is 52.2 Å². The Kier molecular flexibility index (Phi) is 6.96.